The van der Waals surface area contributed by atoms with E-state index in [-0.39, 0.29) is 19.4 Å². The minimum Gasteiger partial charge on any atom is -0.454 e. The number of hydrogen-bond donors (Lipinski definition) is 6. The van der Waals surface area contributed by atoms with Crippen LogP contribution >= 0.6 is 0 Å². The van der Waals surface area contributed by atoms with Gasteiger partial charge in [0, 0.05) is 6.42 Å². The summed E-state index contributed by atoms with van der Waals surface area (Å²) in [6, 6.07) is -1.03. The van der Waals surface area contributed by atoms with Gasteiger partial charge in [-0.15, -0.1) is 0 Å². The zero-order chi connectivity index (χ0) is 58.2. The molecule has 1 fully saturated rings. The lowest BCUT2D eigenvalue weighted by molar-refractivity contribution is -0.305. The van der Waals surface area contributed by atoms with Gasteiger partial charge in [-0.05, 0) is 96.3 Å². The summed E-state index contributed by atoms with van der Waals surface area (Å²) in [6.45, 7) is 5.76. The molecular formula is C69H123NO10. The molecular weight excluding hydrogens is 1000 g/mol. The molecule has 1 aliphatic rings. The Bertz CT molecular complexity index is 1580. The van der Waals surface area contributed by atoms with Crippen molar-refractivity contribution < 1.29 is 49.3 Å². The number of hydrogen-bond acceptors (Lipinski definition) is 10. The van der Waals surface area contributed by atoms with Crippen molar-refractivity contribution in [3.63, 3.8) is 0 Å². The number of esters is 1. The number of aliphatic hydroxyl groups is 5. The minimum absolute atomic E-state index is 0.101. The molecule has 8 atom stereocenters. The molecule has 8 unspecified atom stereocenters. The Morgan fingerprint density at radius 3 is 1.32 bits per heavy atom. The fourth-order valence-corrected chi connectivity index (χ4v) is 10.0. The Labute approximate surface area is 490 Å². The van der Waals surface area contributed by atoms with E-state index in [1.165, 1.54) is 154 Å². The van der Waals surface area contributed by atoms with Gasteiger partial charge < -0.3 is 45.1 Å². The van der Waals surface area contributed by atoms with Crippen LogP contribution in [0.2, 0.25) is 0 Å². The largest absolute Gasteiger partial charge is 0.454 e. The topological polar surface area (TPSA) is 175 Å². The minimum atomic E-state index is -1.62. The smallest absolute Gasteiger partial charge is 0.306 e. The molecule has 0 radical (unpaired) electrons. The summed E-state index contributed by atoms with van der Waals surface area (Å²) in [5.41, 5.74) is 0. The van der Waals surface area contributed by atoms with Crippen LogP contribution in [0.15, 0.2) is 72.9 Å². The van der Waals surface area contributed by atoms with E-state index in [2.05, 4.69) is 86.8 Å². The lowest BCUT2D eigenvalue weighted by Gasteiger charge is -2.41. The second kappa shape index (κ2) is 56.6. The number of ether oxygens (including phenoxy) is 3. The van der Waals surface area contributed by atoms with Crippen LogP contribution in [-0.4, -0.2) is 99.6 Å². The SMILES string of the molecule is CCCCC/C=C\C/C=C\C/C=C\C/C=C\CCCCCCCCCCC(O)C(=O)NC(COC1OC(CO)C(O)C(O)C1OC(=O)CCCCC/C=C\CCCCCCCCC)C(O)/C=C/CCCCCCCCCCCCC. The van der Waals surface area contributed by atoms with Gasteiger partial charge in [0.15, 0.2) is 12.4 Å². The highest BCUT2D eigenvalue weighted by atomic mass is 16.7. The number of carbonyl (C=O) groups is 2. The second-order valence-corrected chi connectivity index (χ2v) is 22.8. The summed E-state index contributed by atoms with van der Waals surface area (Å²) in [5, 5.41) is 57.1. The van der Waals surface area contributed by atoms with Crippen molar-refractivity contribution in [2.75, 3.05) is 13.2 Å². The van der Waals surface area contributed by atoms with Crippen LogP contribution in [-0.2, 0) is 23.8 Å². The van der Waals surface area contributed by atoms with E-state index < -0.39 is 67.4 Å². The van der Waals surface area contributed by atoms with Gasteiger partial charge in [0.25, 0.3) is 0 Å². The molecule has 1 aliphatic heterocycles. The average molecular weight is 1130 g/mol. The van der Waals surface area contributed by atoms with Crippen LogP contribution in [0.1, 0.15) is 290 Å². The Morgan fingerprint density at radius 2 is 0.863 bits per heavy atom. The van der Waals surface area contributed by atoms with Crippen molar-refractivity contribution in [2.45, 2.75) is 339 Å². The van der Waals surface area contributed by atoms with Gasteiger partial charge in [0.05, 0.1) is 25.4 Å². The normalized spacial score (nSPS) is 19.2. The third-order valence-electron chi connectivity index (χ3n) is 15.3. The maximum Gasteiger partial charge on any atom is 0.306 e. The van der Waals surface area contributed by atoms with Crippen molar-refractivity contribution in [2.24, 2.45) is 0 Å². The van der Waals surface area contributed by atoms with E-state index in [4.69, 9.17) is 14.2 Å². The molecule has 1 heterocycles. The highest BCUT2D eigenvalue weighted by Crippen LogP contribution is 2.26. The summed E-state index contributed by atoms with van der Waals surface area (Å²) in [4.78, 5) is 26.6. The van der Waals surface area contributed by atoms with Crippen LogP contribution in [0.25, 0.3) is 0 Å². The molecule has 80 heavy (non-hydrogen) atoms. The van der Waals surface area contributed by atoms with Gasteiger partial charge in [-0.3, -0.25) is 9.59 Å². The predicted octanol–water partition coefficient (Wildman–Crippen LogP) is 16.3. The van der Waals surface area contributed by atoms with Crippen molar-refractivity contribution in [1.29, 1.82) is 0 Å². The highest BCUT2D eigenvalue weighted by molar-refractivity contribution is 5.80. The van der Waals surface area contributed by atoms with Gasteiger partial charge in [-0.2, -0.15) is 0 Å². The summed E-state index contributed by atoms with van der Waals surface area (Å²) in [7, 11) is 0. The first-order valence-electron chi connectivity index (χ1n) is 33.2. The Hall–Kier alpha value is -2.90. The summed E-state index contributed by atoms with van der Waals surface area (Å²) >= 11 is 0. The summed E-state index contributed by atoms with van der Waals surface area (Å²) < 4.78 is 17.6. The van der Waals surface area contributed by atoms with E-state index in [0.717, 1.165) is 89.9 Å². The number of amides is 1. The molecule has 1 amide bonds. The van der Waals surface area contributed by atoms with Crippen molar-refractivity contribution in [3.05, 3.63) is 72.9 Å². The zero-order valence-corrected chi connectivity index (χ0v) is 51.4. The number of carbonyl (C=O) groups excluding carboxylic acids is 2. The third-order valence-corrected chi connectivity index (χ3v) is 15.3. The Morgan fingerprint density at radius 1 is 0.487 bits per heavy atom. The lowest BCUT2D eigenvalue weighted by atomic mass is 9.99. The zero-order valence-electron chi connectivity index (χ0n) is 51.4. The van der Waals surface area contributed by atoms with Crippen LogP contribution in [0.3, 0.4) is 0 Å². The molecule has 1 rings (SSSR count). The van der Waals surface area contributed by atoms with E-state index in [1.807, 2.05) is 6.08 Å². The van der Waals surface area contributed by atoms with E-state index >= 15 is 0 Å². The van der Waals surface area contributed by atoms with E-state index in [0.29, 0.717) is 12.8 Å². The first kappa shape index (κ1) is 75.1. The second-order valence-electron chi connectivity index (χ2n) is 22.8. The third kappa shape index (κ3) is 43.7. The van der Waals surface area contributed by atoms with Gasteiger partial charge in [-0.1, -0.05) is 261 Å². The average Bonchev–Trinajstić information content (AvgIpc) is 3.51. The number of nitrogens with one attached hydrogen (secondary N) is 1. The molecule has 0 bridgehead atoms. The fraction of sp³-hybridized carbons (Fsp3) is 0.797. The molecule has 0 saturated carbocycles. The highest BCUT2D eigenvalue weighted by Gasteiger charge is 2.47. The van der Waals surface area contributed by atoms with Crippen molar-refractivity contribution >= 4 is 11.9 Å². The molecule has 464 valence electrons. The summed E-state index contributed by atoms with van der Waals surface area (Å²) in [6.07, 6.45) is 62.2. The number of aliphatic hydroxyl groups excluding tert-OH is 5. The molecule has 0 spiro atoms. The van der Waals surface area contributed by atoms with Crippen LogP contribution in [0.4, 0.5) is 0 Å². The van der Waals surface area contributed by atoms with Crippen LogP contribution < -0.4 is 5.32 Å². The van der Waals surface area contributed by atoms with Gasteiger partial charge in [0.2, 0.25) is 5.91 Å². The first-order chi connectivity index (χ1) is 39.2. The fourth-order valence-electron chi connectivity index (χ4n) is 10.0. The van der Waals surface area contributed by atoms with Gasteiger partial charge in [-0.25, -0.2) is 0 Å². The molecule has 11 heteroatoms. The molecule has 1 saturated heterocycles. The van der Waals surface area contributed by atoms with Crippen molar-refractivity contribution in [3.8, 4) is 0 Å². The molecule has 6 N–H and O–H groups in total. The standard InChI is InChI=1S/C69H123NO10/c1-4-7-10-13-16-19-22-25-27-28-29-30-31-32-33-34-35-36-38-41-44-47-50-53-56-62(73)68(77)70-60(61(72)55-52-49-46-43-40-37-24-21-18-15-12-9-6-3)59-78-69-67(66(76)65(75)63(58-71)79-69)80-64(74)57-54-51-48-45-42-39-26-23-20-17-14-11-8-5-2/h16,19,25,27,29-30,32-33,39,42,52,55,60-63,65-67,69,71-73,75-76H,4-15,17-18,20-24,26,28,31,34-38,40-41,43-51,53-54,56-59H2,1-3H3,(H,70,77)/b19-16-,27-25-,30-29-,33-32-,42-39-,55-52+. The predicted molar refractivity (Wildman–Crippen MR) is 333 cm³/mol. The Kier molecular flexibility index (Phi) is 53.1. The molecule has 0 aromatic rings. The van der Waals surface area contributed by atoms with E-state index in [1.54, 1.807) is 6.08 Å². The monoisotopic (exact) mass is 1130 g/mol. The van der Waals surface area contributed by atoms with Gasteiger partial charge >= 0.3 is 5.97 Å². The Balaban J connectivity index is 2.64. The van der Waals surface area contributed by atoms with Crippen LogP contribution in [0.5, 0.6) is 0 Å². The maximum absolute atomic E-state index is 13.5. The quantitative estimate of drug-likeness (QED) is 0.0195. The number of allylic oxidation sites excluding steroid dienone is 11. The molecule has 11 nitrogen and oxygen atoms in total. The summed E-state index contributed by atoms with van der Waals surface area (Å²) in [5.74, 6) is -1.21. The van der Waals surface area contributed by atoms with Crippen LogP contribution in [0, 0.1) is 0 Å². The first-order valence-corrected chi connectivity index (χ1v) is 33.2. The van der Waals surface area contributed by atoms with Gasteiger partial charge in [0.1, 0.15) is 24.4 Å². The molecule has 0 aromatic carbocycles. The molecule has 0 aromatic heterocycles. The lowest BCUT2D eigenvalue weighted by Crippen LogP contribution is -2.61. The maximum atomic E-state index is 13.5. The number of rotatable bonds is 56. The van der Waals surface area contributed by atoms with E-state index in [9.17, 15) is 35.1 Å². The number of unbranched alkanes of at least 4 members (excludes halogenated alkanes) is 32. The van der Waals surface area contributed by atoms with Crippen molar-refractivity contribution in [1.82, 2.24) is 5.32 Å². The molecule has 0 aliphatic carbocycles.